The fourth-order valence-corrected chi connectivity index (χ4v) is 4.23. The van der Waals surface area contributed by atoms with Crippen molar-refractivity contribution in [3.05, 3.63) is 54.1 Å². The van der Waals surface area contributed by atoms with E-state index in [2.05, 4.69) is 34.5 Å². The van der Waals surface area contributed by atoms with Gasteiger partial charge in [-0.1, -0.05) is 12.1 Å². The van der Waals surface area contributed by atoms with E-state index < -0.39 is 16.1 Å². The Kier molecular flexibility index (Phi) is 7.66. The van der Waals surface area contributed by atoms with Crippen LogP contribution in [0.15, 0.2) is 48.5 Å². The van der Waals surface area contributed by atoms with Crippen LogP contribution in [0.25, 0.3) is 0 Å². The zero-order valence-corrected chi connectivity index (χ0v) is 20.1. The Morgan fingerprint density at radius 3 is 2.16 bits per heavy atom. The van der Waals surface area contributed by atoms with Gasteiger partial charge in [0.05, 0.1) is 18.0 Å². The predicted octanol–water partition coefficient (Wildman–Crippen LogP) is 3.72. The molecule has 174 valence electrons. The van der Waals surface area contributed by atoms with Gasteiger partial charge in [0.1, 0.15) is 5.75 Å². The minimum atomic E-state index is -3.33. The number of anilines is 2. The summed E-state index contributed by atoms with van der Waals surface area (Å²) in [6.07, 6.45) is 4.24. The number of piperidine rings is 1. The summed E-state index contributed by atoms with van der Waals surface area (Å²) in [6, 6.07) is 14.8. The lowest BCUT2D eigenvalue weighted by Gasteiger charge is -2.29. The maximum Gasteiger partial charge on any atom is 0.261 e. The second kappa shape index (κ2) is 10.3. The van der Waals surface area contributed by atoms with Gasteiger partial charge in [0.25, 0.3) is 5.91 Å². The number of carbonyl (C=O) groups excluding carboxylic acids is 1. The van der Waals surface area contributed by atoms with Gasteiger partial charge in [-0.25, -0.2) is 8.42 Å². The maximum atomic E-state index is 12.6. The van der Waals surface area contributed by atoms with Crippen LogP contribution in [0.3, 0.4) is 0 Å². The summed E-state index contributed by atoms with van der Waals surface area (Å²) in [6.45, 7) is 5.85. The first-order valence-corrected chi connectivity index (χ1v) is 12.9. The van der Waals surface area contributed by atoms with Crippen molar-refractivity contribution in [1.82, 2.24) is 5.32 Å². The van der Waals surface area contributed by atoms with Crippen LogP contribution in [0.1, 0.15) is 44.7 Å². The molecular weight excluding hydrogens is 426 g/mol. The van der Waals surface area contributed by atoms with Crippen molar-refractivity contribution in [3.63, 3.8) is 0 Å². The summed E-state index contributed by atoms with van der Waals surface area (Å²) in [7, 11) is -1.84. The van der Waals surface area contributed by atoms with E-state index in [0.29, 0.717) is 11.4 Å². The van der Waals surface area contributed by atoms with Crippen molar-refractivity contribution in [2.24, 2.45) is 0 Å². The van der Waals surface area contributed by atoms with E-state index in [9.17, 15) is 13.2 Å². The molecule has 2 aromatic rings. The van der Waals surface area contributed by atoms with Crippen LogP contribution in [0, 0.1) is 0 Å². The second-order valence-electron chi connectivity index (χ2n) is 8.35. The molecule has 1 aliphatic rings. The van der Waals surface area contributed by atoms with Crippen LogP contribution in [0.4, 0.5) is 11.4 Å². The van der Waals surface area contributed by atoms with Gasteiger partial charge in [-0.05, 0) is 75.1 Å². The van der Waals surface area contributed by atoms with Gasteiger partial charge in [0.15, 0.2) is 6.10 Å². The Labute approximate surface area is 191 Å². The number of nitrogens with one attached hydrogen (secondary N) is 1. The molecule has 2 atom stereocenters. The number of amides is 1. The van der Waals surface area contributed by atoms with E-state index in [4.69, 9.17) is 4.74 Å². The second-order valence-corrected chi connectivity index (χ2v) is 10.4. The Hall–Kier alpha value is -2.74. The summed E-state index contributed by atoms with van der Waals surface area (Å²) in [5.41, 5.74) is 2.80. The highest BCUT2D eigenvalue weighted by atomic mass is 32.2. The van der Waals surface area contributed by atoms with Gasteiger partial charge in [-0.15, -0.1) is 0 Å². The summed E-state index contributed by atoms with van der Waals surface area (Å²) < 4.78 is 30.2. The molecule has 0 radical (unpaired) electrons. The van der Waals surface area contributed by atoms with Gasteiger partial charge in [-0.3, -0.25) is 9.10 Å². The molecule has 3 rings (SSSR count). The fourth-order valence-electron chi connectivity index (χ4n) is 3.72. The van der Waals surface area contributed by atoms with Crippen molar-refractivity contribution >= 4 is 27.3 Å². The van der Waals surface area contributed by atoms with Crippen molar-refractivity contribution < 1.29 is 17.9 Å². The van der Waals surface area contributed by atoms with Crippen LogP contribution in [0.2, 0.25) is 0 Å². The Bertz CT molecular complexity index is 1000. The van der Waals surface area contributed by atoms with Gasteiger partial charge in [0.2, 0.25) is 10.0 Å². The summed E-state index contributed by atoms with van der Waals surface area (Å²) in [5, 5.41) is 3.00. The lowest BCUT2D eigenvalue weighted by atomic mass is 10.1. The van der Waals surface area contributed by atoms with E-state index in [0.717, 1.165) is 24.9 Å². The molecule has 8 heteroatoms. The maximum absolute atomic E-state index is 12.6. The number of ether oxygens (including phenoxy) is 1. The highest BCUT2D eigenvalue weighted by Gasteiger charge is 2.19. The molecule has 1 N–H and O–H groups in total. The average molecular weight is 460 g/mol. The van der Waals surface area contributed by atoms with Crippen LogP contribution >= 0.6 is 0 Å². The molecule has 0 aliphatic carbocycles. The largest absolute Gasteiger partial charge is 0.481 e. The van der Waals surface area contributed by atoms with Crippen LogP contribution in [-0.2, 0) is 14.8 Å². The molecule has 7 nitrogen and oxygen atoms in total. The van der Waals surface area contributed by atoms with Gasteiger partial charge >= 0.3 is 0 Å². The van der Waals surface area contributed by atoms with Crippen LogP contribution < -0.4 is 19.3 Å². The van der Waals surface area contributed by atoms with Crippen LogP contribution in [-0.4, -0.2) is 46.8 Å². The van der Waals surface area contributed by atoms with Crippen molar-refractivity contribution in [2.75, 3.05) is 35.6 Å². The lowest BCUT2D eigenvalue weighted by molar-refractivity contribution is -0.127. The third-order valence-electron chi connectivity index (χ3n) is 5.85. The zero-order chi connectivity index (χ0) is 23.3. The molecule has 0 spiro atoms. The van der Waals surface area contributed by atoms with E-state index in [1.807, 2.05) is 6.92 Å². The molecule has 1 aliphatic heterocycles. The zero-order valence-electron chi connectivity index (χ0n) is 19.2. The van der Waals surface area contributed by atoms with Gasteiger partial charge in [0, 0.05) is 25.8 Å². The molecule has 32 heavy (non-hydrogen) atoms. The van der Waals surface area contributed by atoms with Gasteiger partial charge in [-0.2, -0.15) is 0 Å². The molecular formula is C24H33N3O4S. The van der Waals surface area contributed by atoms with E-state index in [1.54, 1.807) is 31.2 Å². The number of rotatable bonds is 8. The minimum absolute atomic E-state index is 0.144. The van der Waals surface area contributed by atoms with Crippen LogP contribution in [0.5, 0.6) is 5.75 Å². The topological polar surface area (TPSA) is 79.0 Å². The summed E-state index contributed by atoms with van der Waals surface area (Å²) >= 11 is 0. The molecule has 0 aromatic heterocycles. The SMILES string of the molecule is C[C@H](NC(=O)[C@@H](C)Oc1ccc(N(C)S(C)(=O)=O)cc1)c1ccc(N2CCCCC2)cc1. The molecule has 0 saturated carbocycles. The third-order valence-corrected chi connectivity index (χ3v) is 7.06. The van der Waals surface area contributed by atoms with Crippen molar-refractivity contribution in [1.29, 1.82) is 0 Å². The standard InChI is InChI=1S/C24H33N3O4S/c1-18(20-8-10-22(11-9-20)27-16-6-5-7-17-27)25-24(28)19(2)31-23-14-12-21(13-15-23)26(3)32(4,29)30/h8-15,18-19H,5-7,16-17H2,1-4H3,(H,25,28)/t18-,19+/m0/s1. The third kappa shape index (κ3) is 6.16. The van der Waals surface area contributed by atoms with E-state index in [1.165, 1.54) is 36.3 Å². The molecule has 1 fully saturated rings. The molecule has 2 aromatic carbocycles. The van der Waals surface area contributed by atoms with Gasteiger partial charge < -0.3 is 15.0 Å². The predicted molar refractivity (Wildman–Crippen MR) is 129 cm³/mol. The van der Waals surface area contributed by atoms with E-state index >= 15 is 0 Å². The summed E-state index contributed by atoms with van der Waals surface area (Å²) in [5.74, 6) is 0.284. The highest BCUT2D eigenvalue weighted by molar-refractivity contribution is 7.92. The average Bonchev–Trinajstić information content (AvgIpc) is 2.79. The van der Waals surface area contributed by atoms with Crippen molar-refractivity contribution in [2.45, 2.75) is 45.3 Å². The fraction of sp³-hybridized carbons (Fsp3) is 0.458. The first-order valence-electron chi connectivity index (χ1n) is 11.0. The quantitative estimate of drug-likeness (QED) is 0.651. The first kappa shape index (κ1) is 23.9. The lowest BCUT2D eigenvalue weighted by Crippen LogP contribution is -2.37. The first-order chi connectivity index (χ1) is 15.1. The number of hydrogen-bond acceptors (Lipinski definition) is 5. The number of carbonyl (C=O) groups is 1. The smallest absolute Gasteiger partial charge is 0.261 e. The molecule has 1 saturated heterocycles. The molecule has 1 amide bonds. The van der Waals surface area contributed by atoms with E-state index in [-0.39, 0.29) is 11.9 Å². The normalized spacial score (nSPS) is 16.2. The monoisotopic (exact) mass is 459 g/mol. The Morgan fingerprint density at radius 2 is 1.59 bits per heavy atom. The molecule has 1 heterocycles. The minimum Gasteiger partial charge on any atom is -0.481 e. The highest BCUT2D eigenvalue weighted by Crippen LogP contribution is 2.23. The number of sulfonamides is 1. The Morgan fingerprint density at radius 1 is 1.00 bits per heavy atom. The number of nitrogens with zero attached hydrogens (tertiary/aromatic N) is 2. The number of hydrogen-bond donors (Lipinski definition) is 1. The molecule has 0 bridgehead atoms. The molecule has 0 unspecified atom stereocenters. The van der Waals surface area contributed by atoms with Crippen molar-refractivity contribution in [3.8, 4) is 5.75 Å². The summed E-state index contributed by atoms with van der Waals surface area (Å²) in [4.78, 5) is 15.0. The Balaban J connectivity index is 1.54. The number of benzene rings is 2.